The van der Waals surface area contributed by atoms with Gasteiger partial charge in [-0.15, -0.1) is 0 Å². The molecule has 0 saturated carbocycles. The summed E-state index contributed by atoms with van der Waals surface area (Å²) < 4.78 is 13.2. The predicted octanol–water partition coefficient (Wildman–Crippen LogP) is 1.12. The van der Waals surface area contributed by atoms with Gasteiger partial charge in [0.2, 0.25) is 0 Å². The topological polar surface area (TPSA) is 23.8 Å². The second-order valence-corrected chi connectivity index (χ2v) is 3.58. The lowest BCUT2D eigenvalue weighted by molar-refractivity contribution is -0.788. The van der Waals surface area contributed by atoms with Crippen molar-refractivity contribution < 1.29 is 8.71 Å². The van der Waals surface area contributed by atoms with Gasteiger partial charge in [0.1, 0.15) is 0 Å². The van der Waals surface area contributed by atoms with Gasteiger partial charge in [0.15, 0.2) is 0 Å². The smallest absolute Gasteiger partial charge is 0.451 e. The van der Waals surface area contributed by atoms with E-state index in [0.29, 0.717) is 0 Å². The molecule has 0 amide bonds. The van der Waals surface area contributed by atoms with Crippen LogP contribution < -0.4 is 0 Å². The maximum Gasteiger partial charge on any atom is 0.451 e. The first-order chi connectivity index (χ1) is 5.04. The number of hydrogen-bond donors (Lipinski definition) is 0. The van der Waals surface area contributed by atoms with E-state index >= 15 is 0 Å². The molecule has 0 aliphatic rings. The molecule has 0 heterocycles. The van der Waals surface area contributed by atoms with Gasteiger partial charge in [-0.1, -0.05) is 13.3 Å². The minimum absolute atomic E-state index is 0.240. The Balaban J connectivity index is 3.90. The van der Waals surface area contributed by atoms with Crippen LogP contribution in [0.3, 0.4) is 0 Å². The molecule has 0 rings (SSSR count). The summed E-state index contributed by atoms with van der Waals surface area (Å²) in [5.41, 5.74) is 0. The van der Waals surface area contributed by atoms with Crippen molar-refractivity contribution in [3.63, 3.8) is 0 Å². The molecule has 0 aromatic carbocycles. The van der Waals surface area contributed by atoms with Crippen molar-refractivity contribution in [1.29, 1.82) is 5.26 Å². The van der Waals surface area contributed by atoms with Crippen molar-refractivity contribution in [3.8, 4) is 5.97 Å². The van der Waals surface area contributed by atoms with Crippen LogP contribution in [-0.4, -0.2) is 32.2 Å². The number of nitrogens with zero attached hydrogens (tertiary/aromatic N) is 2. The summed E-state index contributed by atoms with van der Waals surface area (Å²) in [6, 6.07) is 0. The summed E-state index contributed by atoms with van der Waals surface area (Å²) in [6.45, 7) is 2.83. The van der Waals surface area contributed by atoms with Crippen molar-refractivity contribution in [2.24, 2.45) is 0 Å². The SMILES string of the molecule is CCCC[N+](C)(C)[BH-](F)C#N. The second-order valence-electron chi connectivity index (χ2n) is 3.58. The van der Waals surface area contributed by atoms with E-state index in [1.165, 1.54) is 0 Å². The molecular weight excluding hydrogens is 142 g/mol. The van der Waals surface area contributed by atoms with Crippen LogP contribution in [0.4, 0.5) is 4.32 Å². The Morgan fingerprint density at radius 3 is 2.45 bits per heavy atom. The summed E-state index contributed by atoms with van der Waals surface area (Å²) >= 11 is 0. The molecule has 4 heteroatoms. The Morgan fingerprint density at radius 2 is 2.09 bits per heavy atom. The lowest BCUT2D eigenvalue weighted by atomic mass is 9.84. The third kappa shape index (κ3) is 3.38. The molecule has 64 valence electrons. The fourth-order valence-electron chi connectivity index (χ4n) is 0.916. The molecule has 0 bridgehead atoms. The van der Waals surface area contributed by atoms with E-state index in [1.54, 1.807) is 20.1 Å². The van der Waals surface area contributed by atoms with Crippen LogP contribution in [0.25, 0.3) is 0 Å². The summed E-state index contributed by atoms with van der Waals surface area (Å²) in [7, 11) is 1.39. The zero-order valence-electron chi connectivity index (χ0n) is 7.60. The first-order valence-electron chi connectivity index (χ1n) is 4.08. The largest absolute Gasteiger partial charge is 0.482 e. The third-order valence-electron chi connectivity index (χ3n) is 2.00. The maximum atomic E-state index is 12.9. The molecule has 0 spiro atoms. The van der Waals surface area contributed by atoms with Gasteiger partial charge in [-0.3, -0.25) is 0 Å². The van der Waals surface area contributed by atoms with E-state index in [2.05, 4.69) is 6.92 Å². The zero-order valence-corrected chi connectivity index (χ0v) is 7.60. The molecule has 0 radical (unpaired) electrons. The summed E-state index contributed by atoms with van der Waals surface area (Å²) in [5.74, 6) is 1.70. The van der Waals surface area contributed by atoms with Gasteiger partial charge >= 0.3 is 7.12 Å². The minimum atomic E-state index is -2.16. The van der Waals surface area contributed by atoms with Gasteiger partial charge < -0.3 is 8.71 Å². The molecule has 1 unspecified atom stereocenters. The van der Waals surface area contributed by atoms with E-state index < -0.39 is 7.12 Å². The number of halogens is 1. The molecule has 2 nitrogen and oxygen atoms in total. The van der Waals surface area contributed by atoms with Gasteiger partial charge in [-0.2, -0.15) is 0 Å². The van der Waals surface area contributed by atoms with Crippen LogP contribution in [0.15, 0.2) is 0 Å². The van der Waals surface area contributed by atoms with Crippen molar-refractivity contribution >= 4 is 7.12 Å². The van der Waals surface area contributed by atoms with E-state index in [4.69, 9.17) is 5.26 Å². The molecule has 0 fully saturated rings. The second kappa shape index (κ2) is 4.35. The van der Waals surface area contributed by atoms with Crippen molar-refractivity contribution in [2.75, 3.05) is 20.6 Å². The Morgan fingerprint density at radius 1 is 1.55 bits per heavy atom. The number of quaternary nitrogens is 1. The molecule has 0 aliphatic carbocycles. The molecular formula is C7H16BFN2. The molecule has 11 heavy (non-hydrogen) atoms. The molecule has 0 aromatic heterocycles. The van der Waals surface area contributed by atoms with E-state index in [0.717, 1.165) is 19.4 Å². The lowest BCUT2D eigenvalue weighted by Crippen LogP contribution is -2.50. The fraction of sp³-hybridized carbons (Fsp3) is 0.857. The van der Waals surface area contributed by atoms with Crippen molar-refractivity contribution in [3.05, 3.63) is 0 Å². The van der Waals surface area contributed by atoms with Gasteiger partial charge in [0, 0.05) is 20.6 Å². The highest BCUT2D eigenvalue weighted by Crippen LogP contribution is 2.05. The summed E-state index contributed by atoms with van der Waals surface area (Å²) in [5, 5.41) is 8.37. The Kier molecular flexibility index (Phi) is 4.13. The van der Waals surface area contributed by atoms with Gasteiger partial charge in [0.25, 0.3) is 0 Å². The molecule has 0 N–H and O–H groups in total. The van der Waals surface area contributed by atoms with Crippen LogP contribution in [0, 0.1) is 11.2 Å². The Hall–Kier alpha value is -0.555. The Bertz CT molecular complexity index is 153. The third-order valence-corrected chi connectivity index (χ3v) is 2.00. The quantitative estimate of drug-likeness (QED) is 0.562. The summed E-state index contributed by atoms with van der Waals surface area (Å²) in [4.78, 5) is 0. The van der Waals surface area contributed by atoms with Crippen molar-refractivity contribution in [2.45, 2.75) is 19.8 Å². The molecule has 0 aromatic rings. The van der Waals surface area contributed by atoms with E-state index in [9.17, 15) is 4.32 Å². The highest BCUT2D eigenvalue weighted by molar-refractivity contribution is 6.51. The van der Waals surface area contributed by atoms with Crippen LogP contribution in [0.1, 0.15) is 19.8 Å². The molecule has 1 atom stereocenters. The minimum Gasteiger partial charge on any atom is -0.482 e. The van der Waals surface area contributed by atoms with Gasteiger partial charge in [-0.25, -0.2) is 5.26 Å². The first kappa shape index (κ1) is 10.4. The maximum absolute atomic E-state index is 12.9. The highest BCUT2D eigenvalue weighted by atomic mass is 19.1. The van der Waals surface area contributed by atoms with Crippen LogP contribution in [0.5, 0.6) is 0 Å². The van der Waals surface area contributed by atoms with E-state index in [-0.39, 0.29) is 4.39 Å². The molecule has 0 saturated heterocycles. The average molecular weight is 158 g/mol. The number of rotatable bonds is 4. The standard InChI is InChI=1S/C7H16BFN2/c1-4-5-6-11(2,3)8(9)7-10/h8H,4-6H2,1-3H3. The van der Waals surface area contributed by atoms with Crippen LogP contribution in [0.2, 0.25) is 0 Å². The number of nitriles is 1. The van der Waals surface area contributed by atoms with Crippen LogP contribution >= 0.6 is 0 Å². The monoisotopic (exact) mass is 158 g/mol. The number of hydrogen-bond acceptors (Lipinski definition) is 1. The predicted molar refractivity (Wildman–Crippen MR) is 45.8 cm³/mol. The normalized spacial score (nSPS) is 14.1. The van der Waals surface area contributed by atoms with Gasteiger partial charge in [0.05, 0.1) is 0 Å². The van der Waals surface area contributed by atoms with Crippen LogP contribution in [-0.2, 0) is 0 Å². The Labute approximate surface area is 68.4 Å². The summed E-state index contributed by atoms with van der Waals surface area (Å²) in [6.07, 6.45) is 2.04. The van der Waals surface area contributed by atoms with E-state index in [1.807, 2.05) is 0 Å². The number of unbranched alkanes of at least 4 members (excludes halogenated alkanes) is 1. The van der Waals surface area contributed by atoms with Gasteiger partial charge in [-0.05, 0) is 12.4 Å². The average Bonchev–Trinajstić information content (AvgIpc) is 1.99. The molecule has 0 aliphatic heterocycles. The highest BCUT2D eigenvalue weighted by Gasteiger charge is 2.20. The fourth-order valence-corrected chi connectivity index (χ4v) is 0.916. The zero-order chi connectivity index (χ0) is 8.91. The van der Waals surface area contributed by atoms with Crippen molar-refractivity contribution in [1.82, 2.24) is 0 Å². The first-order valence-corrected chi connectivity index (χ1v) is 4.08. The lowest BCUT2D eigenvalue weighted by Gasteiger charge is -2.38.